The molecule has 0 aromatic heterocycles. The first-order chi connectivity index (χ1) is 2.27. The predicted molar refractivity (Wildman–Crippen MR) is 19.7 cm³/mol. The van der Waals surface area contributed by atoms with Gasteiger partial charge in [0, 0.05) is 0 Å². The molecule has 1 heteroatoms. The van der Waals surface area contributed by atoms with Crippen LogP contribution in [-0.4, -0.2) is 0 Å². The first-order valence-electron chi connectivity index (χ1n) is 2.10. The van der Waals surface area contributed by atoms with Crippen LogP contribution in [-0.2, 0) is 26.1 Å². The Kier molecular flexibility index (Phi) is 3.72. The zero-order chi connectivity index (χ0) is 4.28. The molecule has 0 saturated heterocycles. The predicted octanol–water partition coefficient (Wildman–Crippen LogP) is 1.75. The second-order valence-corrected chi connectivity index (χ2v) is 6.93. The van der Waals surface area contributed by atoms with Gasteiger partial charge in [-0.3, -0.25) is 0 Å². The van der Waals surface area contributed by atoms with E-state index in [1.165, 1.54) is 6.42 Å². The summed E-state index contributed by atoms with van der Waals surface area (Å²) in [6.07, 6.45) is 1.39. The molecule has 0 fully saturated rings. The van der Waals surface area contributed by atoms with Crippen molar-refractivity contribution in [2.24, 2.45) is 0 Å². The standard InChI is InChI=1S/C4H9.Hg/c1-3-4-2;/h3H,4H2,1-2H3;. The van der Waals surface area contributed by atoms with Gasteiger partial charge in [0.05, 0.1) is 0 Å². The molecule has 0 amide bonds. The van der Waals surface area contributed by atoms with Crippen molar-refractivity contribution in [3.63, 3.8) is 0 Å². The molecule has 1 atom stereocenters. The zero-order valence-corrected chi connectivity index (χ0v) is 9.49. The minimum atomic E-state index is 1.03. The van der Waals surface area contributed by atoms with Crippen LogP contribution in [0.25, 0.3) is 0 Å². The van der Waals surface area contributed by atoms with Gasteiger partial charge in [0.1, 0.15) is 0 Å². The third-order valence-electron chi connectivity index (χ3n) is 0.697. The summed E-state index contributed by atoms with van der Waals surface area (Å²) in [6.45, 7) is 4.56. The molecule has 0 heterocycles. The Morgan fingerprint density at radius 2 is 2.00 bits per heavy atom. The van der Waals surface area contributed by atoms with E-state index in [1.54, 1.807) is 0 Å². The first-order valence-corrected chi connectivity index (χ1v) is 5.28. The van der Waals surface area contributed by atoms with E-state index >= 15 is 0 Å². The summed E-state index contributed by atoms with van der Waals surface area (Å²) in [7, 11) is 0. The van der Waals surface area contributed by atoms with Gasteiger partial charge < -0.3 is 0 Å². The van der Waals surface area contributed by atoms with Gasteiger partial charge >= 0.3 is 49.8 Å². The van der Waals surface area contributed by atoms with Crippen LogP contribution in [0.1, 0.15) is 20.3 Å². The van der Waals surface area contributed by atoms with Crippen LogP contribution >= 0.6 is 0 Å². The average molecular weight is 258 g/mol. The second kappa shape index (κ2) is 3.14. The van der Waals surface area contributed by atoms with Gasteiger partial charge in [-0.05, 0) is 0 Å². The van der Waals surface area contributed by atoms with Crippen LogP contribution in [0.3, 0.4) is 0 Å². The molecule has 1 unspecified atom stereocenters. The zero-order valence-electron chi connectivity index (χ0n) is 3.99. The van der Waals surface area contributed by atoms with Crippen molar-refractivity contribution in [2.75, 3.05) is 0 Å². The van der Waals surface area contributed by atoms with Gasteiger partial charge in [-0.25, -0.2) is 0 Å². The molecule has 0 nitrogen and oxygen atoms in total. The Bertz CT molecular complexity index is 17.6. The third kappa shape index (κ3) is 4.94. The molecule has 0 radical (unpaired) electrons. The summed E-state index contributed by atoms with van der Waals surface area (Å²) in [5.41, 5.74) is 0. The molecule has 0 rings (SSSR count). The quantitative estimate of drug-likeness (QED) is 0.628. The van der Waals surface area contributed by atoms with E-state index in [1.807, 2.05) is 0 Å². The van der Waals surface area contributed by atoms with Crippen LogP contribution in [0.15, 0.2) is 0 Å². The van der Waals surface area contributed by atoms with Crippen LogP contribution < -0.4 is 0 Å². The molecule has 0 aliphatic carbocycles. The van der Waals surface area contributed by atoms with Crippen molar-refractivity contribution in [1.82, 2.24) is 0 Å². The van der Waals surface area contributed by atoms with Crippen molar-refractivity contribution in [2.45, 2.75) is 23.7 Å². The van der Waals surface area contributed by atoms with E-state index in [4.69, 9.17) is 0 Å². The maximum atomic E-state index is 2.31. The molecule has 0 aromatic rings. The van der Waals surface area contributed by atoms with Gasteiger partial charge in [-0.2, -0.15) is 0 Å². The molecular weight excluding hydrogens is 249 g/mol. The molecule has 0 aliphatic rings. The van der Waals surface area contributed by atoms with E-state index < -0.39 is 0 Å². The average Bonchev–Trinajstić information content (AvgIpc) is 1.38. The number of hydrogen-bond donors (Lipinski definition) is 0. The Labute approximate surface area is 49.9 Å². The second-order valence-electron chi connectivity index (χ2n) is 1.51. The maximum absolute atomic E-state index is 2.31. The Morgan fingerprint density at radius 3 is 2.00 bits per heavy atom. The molecule has 0 spiro atoms. The fourth-order valence-electron chi connectivity index (χ4n) is 0. The molecule has 0 bridgehead atoms. The van der Waals surface area contributed by atoms with E-state index in [0.717, 1.165) is 29.5 Å². The summed E-state index contributed by atoms with van der Waals surface area (Å²) < 4.78 is 1.08. The van der Waals surface area contributed by atoms with E-state index in [0.29, 0.717) is 0 Å². The fourth-order valence-corrected chi connectivity index (χ4v) is 0. The summed E-state index contributed by atoms with van der Waals surface area (Å²) >= 11 is 1.03. The van der Waals surface area contributed by atoms with Crippen LogP contribution in [0, 0.1) is 0 Å². The number of rotatable bonds is 1. The Hall–Kier alpha value is 0.935. The number of hydrogen-bond acceptors (Lipinski definition) is 0. The van der Waals surface area contributed by atoms with Gasteiger partial charge in [-0.1, -0.05) is 0 Å². The van der Waals surface area contributed by atoms with Crippen molar-refractivity contribution in [3.8, 4) is 0 Å². The van der Waals surface area contributed by atoms with Crippen LogP contribution in [0.5, 0.6) is 0 Å². The molecule has 0 aliphatic heterocycles. The monoisotopic (exact) mass is 259 g/mol. The Balaban J connectivity index is 2.54. The summed E-state index contributed by atoms with van der Waals surface area (Å²) in [5, 5.41) is 0. The van der Waals surface area contributed by atoms with Crippen molar-refractivity contribution >= 4 is 0 Å². The molecule has 5 heavy (non-hydrogen) atoms. The van der Waals surface area contributed by atoms with Crippen LogP contribution in [0.2, 0.25) is 3.43 Å². The van der Waals surface area contributed by atoms with E-state index in [9.17, 15) is 0 Å². The molecule has 0 N–H and O–H groups in total. The molecular formula is C4H9Hg. The Morgan fingerprint density at radius 1 is 1.80 bits per heavy atom. The fraction of sp³-hybridized carbons (Fsp3) is 1.00. The first kappa shape index (κ1) is 5.94. The molecule has 0 saturated carbocycles. The van der Waals surface area contributed by atoms with Gasteiger partial charge in [0.15, 0.2) is 0 Å². The minimum absolute atomic E-state index is 1.03. The summed E-state index contributed by atoms with van der Waals surface area (Å²) in [4.78, 5) is 0. The van der Waals surface area contributed by atoms with Crippen LogP contribution in [0.4, 0.5) is 0 Å². The van der Waals surface area contributed by atoms with Gasteiger partial charge in [0.25, 0.3) is 0 Å². The van der Waals surface area contributed by atoms with E-state index in [2.05, 4.69) is 13.8 Å². The third-order valence-corrected chi connectivity index (χ3v) is 2.94. The molecule has 0 aromatic carbocycles. The topological polar surface area (TPSA) is 0 Å². The van der Waals surface area contributed by atoms with Gasteiger partial charge in [-0.15, -0.1) is 0 Å². The summed E-state index contributed by atoms with van der Waals surface area (Å²) in [5.74, 6) is 0. The van der Waals surface area contributed by atoms with Crippen molar-refractivity contribution < 1.29 is 26.1 Å². The summed E-state index contributed by atoms with van der Waals surface area (Å²) in [6, 6.07) is 0. The molecule has 27 valence electrons. The van der Waals surface area contributed by atoms with Crippen molar-refractivity contribution in [1.29, 1.82) is 0 Å². The van der Waals surface area contributed by atoms with E-state index in [-0.39, 0.29) is 0 Å². The normalized spacial score (nSPS) is 15.2. The SMILES string of the molecule is CC[CH](C)[Hg]. The van der Waals surface area contributed by atoms with Gasteiger partial charge in [0.2, 0.25) is 0 Å². The van der Waals surface area contributed by atoms with Crippen molar-refractivity contribution in [3.05, 3.63) is 0 Å².